The summed E-state index contributed by atoms with van der Waals surface area (Å²) in [7, 11) is 2.11. The molecule has 3 aliphatic rings. The van der Waals surface area contributed by atoms with Gasteiger partial charge in [0.1, 0.15) is 0 Å². The number of hydrogen-bond acceptors (Lipinski definition) is 1. The molecule has 1 nitrogen and oxygen atoms in total. The maximum Gasteiger partial charge on any atom is 0.00471 e. The zero-order chi connectivity index (χ0) is 10.4. The van der Waals surface area contributed by atoms with Gasteiger partial charge < -0.3 is 5.32 Å². The van der Waals surface area contributed by atoms with E-state index in [4.69, 9.17) is 0 Å². The van der Waals surface area contributed by atoms with Gasteiger partial charge in [-0.05, 0) is 63.8 Å². The smallest absolute Gasteiger partial charge is 0.00471 e. The van der Waals surface area contributed by atoms with Crippen LogP contribution in [0, 0.1) is 10.8 Å². The third-order valence-electron chi connectivity index (χ3n) is 4.87. The average Bonchev–Trinajstić information content (AvgIpc) is 2.99. The molecule has 1 spiro atoms. The van der Waals surface area contributed by atoms with Crippen molar-refractivity contribution in [1.29, 1.82) is 0 Å². The average molecular weight is 205 g/mol. The minimum atomic E-state index is 0.589. The standard InChI is InChI=1S/C14H23N/c1-15-11-14(9-13(10-14)7-8-13)12-5-3-2-4-6-12/h5,15H,2-4,6-11H2,1H3. The van der Waals surface area contributed by atoms with E-state index in [1.54, 1.807) is 5.57 Å². The molecule has 15 heavy (non-hydrogen) atoms. The third kappa shape index (κ3) is 1.56. The second-order valence-corrected chi connectivity index (χ2v) is 6.14. The molecule has 0 bridgehead atoms. The number of allylic oxidation sites excluding steroid dienone is 1. The van der Waals surface area contributed by atoms with Crippen LogP contribution in [0.5, 0.6) is 0 Å². The molecule has 3 aliphatic carbocycles. The molecular weight excluding hydrogens is 182 g/mol. The molecule has 3 rings (SSSR count). The highest BCUT2D eigenvalue weighted by atomic mass is 14.9. The summed E-state index contributed by atoms with van der Waals surface area (Å²) in [6, 6.07) is 0. The molecule has 0 amide bonds. The SMILES string of the molecule is CNCC1(C2=CCCCC2)CC2(CC2)C1. The second kappa shape index (κ2) is 3.35. The summed E-state index contributed by atoms with van der Waals surface area (Å²) in [6.45, 7) is 1.22. The Labute approximate surface area is 93.3 Å². The summed E-state index contributed by atoms with van der Waals surface area (Å²) < 4.78 is 0. The predicted octanol–water partition coefficient (Wildman–Crippen LogP) is 3.27. The van der Waals surface area contributed by atoms with Gasteiger partial charge in [-0.3, -0.25) is 0 Å². The van der Waals surface area contributed by atoms with Gasteiger partial charge in [0.2, 0.25) is 0 Å². The van der Waals surface area contributed by atoms with Crippen LogP contribution in [-0.2, 0) is 0 Å². The highest BCUT2D eigenvalue weighted by molar-refractivity contribution is 5.27. The first-order valence-electron chi connectivity index (χ1n) is 6.63. The summed E-state index contributed by atoms with van der Waals surface area (Å²) in [5, 5.41) is 3.43. The van der Waals surface area contributed by atoms with E-state index in [1.807, 2.05) is 0 Å². The van der Waals surface area contributed by atoms with Gasteiger partial charge in [0.05, 0.1) is 0 Å². The van der Waals surface area contributed by atoms with Crippen LogP contribution in [0.3, 0.4) is 0 Å². The maximum absolute atomic E-state index is 3.43. The Morgan fingerprint density at radius 1 is 1.27 bits per heavy atom. The molecular formula is C14H23N. The van der Waals surface area contributed by atoms with E-state index in [-0.39, 0.29) is 0 Å². The fourth-order valence-corrected chi connectivity index (χ4v) is 4.04. The van der Waals surface area contributed by atoms with Gasteiger partial charge in [0.25, 0.3) is 0 Å². The molecule has 0 atom stereocenters. The van der Waals surface area contributed by atoms with Crippen molar-refractivity contribution in [3.63, 3.8) is 0 Å². The van der Waals surface area contributed by atoms with Crippen LogP contribution in [0.4, 0.5) is 0 Å². The second-order valence-electron chi connectivity index (χ2n) is 6.14. The van der Waals surface area contributed by atoms with E-state index in [9.17, 15) is 0 Å². The molecule has 2 fully saturated rings. The predicted molar refractivity (Wildman–Crippen MR) is 63.8 cm³/mol. The zero-order valence-corrected chi connectivity index (χ0v) is 9.94. The summed E-state index contributed by atoms with van der Waals surface area (Å²) >= 11 is 0. The Balaban J connectivity index is 1.75. The molecule has 0 radical (unpaired) electrons. The highest BCUT2D eigenvalue weighted by Crippen LogP contribution is 2.71. The van der Waals surface area contributed by atoms with E-state index < -0.39 is 0 Å². The Hall–Kier alpha value is -0.300. The summed E-state index contributed by atoms with van der Waals surface area (Å²) in [6.07, 6.45) is 14.2. The first-order valence-corrected chi connectivity index (χ1v) is 6.63. The van der Waals surface area contributed by atoms with Crippen molar-refractivity contribution in [3.8, 4) is 0 Å². The first-order chi connectivity index (χ1) is 7.29. The Bertz CT molecular complexity index is 278. The van der Waals surface area contributed by atoms with Crippen molar-refractivity contribution in [2.24, 2.45) is 10.8 Å². The minimum Gasteiger partial charge on any atom is -0.319 e. The molecule has 1 heteroatoms. The van der Waals surface area contributed by atoms with Gasteiger partial charge in [-0.1, -0.05) is 11.6 Å². The van der Waals surface area contributed by atoms with E-state index in [0.29, 0.717) is 5.41 Å². The van der Waals surface area contributed by atoms with E-state index in [0.717, 1.165) is 5.41 Å². The lowest BCUT2D eigenvalue weighted by Crippen LogP contribution is -2.47. The molecule has 1 N–H and O–H groups in total. The lowest BCUT2D eigenvalue weighted by molar-refractivity contribution is 0.0698. The van der Waals surface area contributed by atoms with Crippen LogP contribution >= 0.6 is 0 Å². The molecule has 0 unspecified atom stereocenters. The Kier molecular flexibility index (Phi) is 2.21. The van der Waals surface area contributed by atoms with Gasteiger partial charge in [-0.2, -0.15) is 0 Å². The molecule has 0 heterocycles. The van der Waals surface area contributed by atoms with E-state index >= 15 is 0 Å². The van der Waals surface area contributed by atoms with Crippen molar-refractivity contribution < 1.29 is 0 Å². The van der Waals surface area contributed by atoms with Gasteiger partial charge >= 0.3 is 0 Å². The van der Waals surface area contributed by atoms with Gasteiger partial charge in [-0.25, -0.2) is 0 Å². The van der Waals surface area contributed by atoms with Gasteiger partial charge in [0.15, 0.2) is 0 Å². The van der Waals surface area contributed by atoms with Crippen molar-refractivity contribution >= 4 is 0 Å². The zero-order valence-electron chi connectivity index (χ0n) is 9.94. The highest BCUT2D eigenvalue weighted by Gasteiger charge is 2.61. The largest absolute Gasteiger partial charge is 0.319 e. The Morgan fingerprint density at radius 2 is 2.07 bits per heavy atom. The Morgan fingerprint density at radius 3 is 2.60 bits per heavy atom. The van der Waals surface area contributed by atoms with Crippen molar-refractivity contribution in [2.75, 3.05) is 13.6 Å². The summed E-state index contributed by atoms with van der Waals surface area (Å²) in [5.41, 5.74) is 3.22. The maximum atomic E-state index is 3.43. The van der Waals surface area contributed by atoms with Crippen LogP contribution < -0.4 is 5.32 Å². The van der Waals surface area contributed by atoms with Crippen LogP contribution in [-0.4, -0.2) is 13.6 Å². The lowest BCUT2D eigenvalue weighted by Gasteiger charge is -2.51. The normalized spacial score (nSPS) is 30.9. The molecule has 0 aliphatic heterocycles. The third-order valence-corrected chi connectivity index (χ3v) is 4.87. The first kappa shape index (κ1) is 9.89. The molecule has 2 saturated carbocycles. The minimum absolute atomic E-state index is 0.589. The topological polar surface area (TPSA) is 12.0 Å². The number of rotatable bonds is 3. The molecule has 0 saturated heterocycles. The molecule has 0 aromatic heterocycles. The number of nitrogens with one attached hydrogen (secondary N) is 1. The monoisotopic (exact) mass is 205 g/mol. The van der Waals surface area contributed by atoms with Crippen molar-refractivity contribution in [1.82, 2.24) is 5.32 Å². The van der Waals surface area contributed by atoms with Gasteiger partial charge in [0, 0.05) is 12.0 Å². The van der Waals surface area contributed by atoms with E-state index in [2.05, 4.69) is 18.4 Å². The molecule has 84 valence electrons. The fourth-order valence-electron chi connectivity index (χ4n) is 4.04. The fraction of sp³-hybridized carbons (Fsp3) is 0.857. The number of hydrogen-bond donors (Lipinski definition) is 1. The van der Waals surface area contributed by atoms with Crippen molar-refractivity contribution in [3.05, 3.63) is 11.6 Å². The van der Waals surface area contributed by atoms with Crippen molar-refractivity contribution in [2.45, 2.75) is 51.4 Å². The molecule has 0 aromatic rings. The van der Waals surface area contributed by atoms with Crippen LogP contribution in [0.1, 0.15) is 51.4 Å². The lowest BCUT2D eigenvalue weighted by atomic mass is 9.54. The van der Waals surface area contributed by atoms with Crippen LogP contribution in [0.2, 0.25) is 0 Å². The summed E-state index contributed by atoms with van der Waals surface area (Å²) in [4.78, 5) is 0. The van der Waals surface area contributed by atoms with Crippen LogP contribution in [0.15, 0.2) is 11.6 Å². The quantitative estimate of drug-likeness (QED) is 0.697. The van der Waals surface area contributed by atoms with Gasteiger partial charge in [-0.15, -0.1) is 0 Å². The molecule has 0 aromatic carbocycles. The summed E-state index contributed by atoms with van der Waals surface area (Å²) in [5.74, 6) is 0. The van der Waals surface area contributed by atoms with E-state index in [1.165, 1.54) is 57.9 Å². The van der Waals surface area contributed by atoms with Crippen LogP contribution in [0.25, 0.3) is 0 Å².